The third-order valence-corrected chi connectivity index (χ3v) is 4.73. The van der Waals surface area contributed by atoms with Crippen LogP contribution in [-0.4, -0.2) is 69.3 Å². The summed E-state index contributed by atoms with van der Waals surface area (Å²) in [5, 5.41) is 3.62. The Morgan fingerprint density at radius 2 is 1.70 bits per heavy atom. The summed E-state index contributed by atoms with van der Waals surface area (Å²) in [6.07, 6.45) is 10.7. The smallest absolute Gasteiger partial charge is 0.238 e. The molecule has 23 heavy (non-hydrogen) atoms. The van der Waals surface area contributed by atoms with Crippen LogP contribution in [0.25, 0.3) is 0 Å². The van der Waals surface area contributed by atoms with Crippen LogP contribution in [0.5, 0.6) is 0 Å². The average Bonchev–Trinajstić information content (AvgIpc) is 2.86. The minimum Gasteiger partial charge on any atom is -0.369 e. The van der Waals surface area contributed by atoms with Crippen molar-refractivity contribution in [3.63, 3.8) is 0 Å². The first kappa shape index (κ1) is 17.8. The number of aliphatic imine (C=N–C) groups is 1. The van der Waals surface area contributed by atoms with E-state index < -0.39 is 5.31 Å². The van der Waals surface area contributed by atoms with Crippen molar-refractivity contribution in [1.82, 2.24) is 15.2 Å². The minimum atomic E-state index is -0.423. The van der Waals surface area contributed by atoms with Gasteiger partial charge in [0, 0.05) is 38.9 Å². The van der Waals surface area contributed by atoms with Crippen molar-refractivity contribution in [2.45, 2.75) is 55.7 Å². The molecule has 0 aromatic heterocycles. The van der Waals surface area contributed by atoms with Crippen molar-refractivity contribution in [2.24, 2.45) is 10.1 Å². The Hall–Kier alpha value is -1.53. The van der Waals surface area contributed by atoms with Crippen molar-refractivity contribution in [3.8, 4) is 0 Å². The first-order chi connectivity index (χ1) is 10.9. The van der Waals surface area contributed by atoms with Crippen LogP contribution < -0.4 is 5.43 Å². The fraction of sp³-hybridized carbons (Fsp3) is 0.812. The monoisotopic (exact) mass is 318 g/mol. The molecule has 2 fully saturated rings. The summed E-state index contributed by atoms with van der Waals surface area (Å²) >= 11 is 0. The second-order valence-electron chi connectivity index (χ2n) is 7.32. The summed E-state index contributed by atoms with van der Waals surface area (Å²) < 4.78 is 0. The van der Waals surface area contributed by atoms with Crippen LogP contribution in [0.2, 0.25) is 5.31 Å². The molecule has 1 radical (unpaired) electrons. The lowest BCUT2D eigenvalue weighted by atomic mass is 9.44. The zero-order valence-corrected chi connectivity index (χ0v) is 14.9. The van der Waals surface area contributed by atoms with E-state index in [2.05, 4.69) is 17.8 Å². The molecule has 0 aromatic carbocycles. The molecule has 0 saturated carbocycles. The quantitative estimate of drug-likeness (QED) is 0.362. The number of hydrazone groups is 1. The SMILES string of the molecule is CN(C)C=NC12[B]C(C(=O)N/N=C/N(C)C)(CCCCC1)CC2. The fourth-order valence-corrected chi connectivity index (χ4v) is 3.54. The Balaban J connectivity index is 2.15. The van der Waals surface area contributed by atoms with Crippen molar-refractivity contribution < 1.29 is 4.79 Å². The van der Waals surface area contributed by atoms with E-state index in [1.165, 1.54) is 12.8 Å². The highest BCUT2D eigenvalue weighted by atomic mass is 16.2. The number of hydrogen-bond donors (Lipinski definition) is 1. The van der Waals surface area contributed by atoms with Gasteiger partial charge in [-0.25, -0.2) is 5.43 Å². The van der Waals surface area contributed by atoms with Gasteiger partial charge in [-0.1, -0.05) is 19.3 Å². The molecule has 0 aromatic rings. The van der Waals surface area contributed by atoms with Gasteiger partial charge in [-0.15, -0.1) is 0 Å². The molecule has 7 heteroatoms. The lowest BCUT2D eigenvalue weighted by Crippen LogP contribution is -2.42. The number of carbonyl (C=O) groups is 1. The molecule has 2 aliphatic rings. The van der Waals surface area contributed by atoms with Gasteiger partial charge >= 0.3 is 0 Å². The van der Waals surface area contributed by atoms with E-state index in [0.717, 1.165) is 32.1 Å². The summed E-state index contributed by atoms with van der Waals surface area (Å²) in [7, 11) is 9.94. The maximum atomic E-state index is 12.8. The van der Waals surface area contributed by atoms with Gasteiger partial charge < -0.3 is 9.80 Å². The van der Waals surface area contributed by atoms with E-state index in [1.54, 1.807) is 11.2 Å². The molecule has 2 heterocycles. The molecular weight excluding hydrogens is 289 g/mol. The Bertz CT molecular complexity index is 479. The second kappa shape index (κ2) is 7.36. The molecule has 2 saturated heterocycles. The first-order valence-corrected chi connectivity index (χ1v) is 8.46. The van der Waals surface area contributed by atoms with Gasteiger partial charge in [0.25, 0.3) is 0 Å². The van der Waals surface area contributed by atoms with Crippen LogP contribution in [-0.2, 0) is 4.79 Å². The highest BCUT2D eigenvalue weighted by Gasteiger charge is 2.53. The number of fused-ring (bicyclic) bond motifs is 2. The van der Waals surface area contributed by atoms with E-state index in [1.807, 2.05) is 39.4 Å². The molecule has 2 rings (SSSR count). The maximum absolute atomic E-state index is 12.8. The number of nitrogens with one attached hydrogen (secondary N) is 1. The van der Waals surface area contributed by atoms with Crippen molar-refractivity contribution in [1.29, 1.82) is 0 Å². The first-order valence-electron chi connectivity index (χ1n) is 8.46. The second-order valence-corrected chi connectivity index (χ2v) is 7.32. The van der Waals surface area contributed by atoms with Gasteiger partial charge in [-0.05, 0) is 25.7 Å². The van der Waals surface area contributed by atoms with Crippen molar-refractivity contribution >= 4 is 25.9 Å². The minimum absolute atomic E-state index is 0.0134. The Kier molecular flexibility index (Phi) is 5.71. The molecule has 2 bridgehead atoms. The molecule has 2 unspecified atom stereocenters. The van der Waals surface area contributed by atoms with Crippen LogP contribution in [0.1, 0.15) is 44.9 Å². The molecule has 2 atom stereocenters. The lowest BCUT2D eigenvalue weighted by molar-refractivity contribution is -0.124. The normalized spacial score (nSPS) is 30.8. The summed E-state index contributed by atoms with van der Waals surface area (Å²) in [5.74, 6) is 0.0134. The summed E-state index contributed by atoms with van der Waals surface area (Å²) in [4.78, 5) is 21.4. The number of hydrogen-bond acceptors (Lipinski definition) is 3. The van der Waals surface area contributed by atoms with Crippen LogP contribution in [0.15, 0.2) is 10.1 Å². The topological polar surface area (TPSA) is 60.3 Å². The third kappa shape index (κ3) is 4.48. The molecule has 0 spiro atoms. The van der Waals surface area contributed by atoms with Gasteiger partial charge in [0.05, 0.1) is 6.34 Å². The fourth-order valence-electron chi connectivity index (χ4n) is 3.54. The lowest BCUT2D eigenvalue weighted by Gasteiger charge is -2.32. The number of carbonyl (C=O) groups excluding carboxylic acids is 1. The highest BCUT2D eigenvalue weighted by molar-refractivity contribution is 6.52. The third-order valence-electron chi connectivity index (χ3n) is 4.73. The summed E-state index contributed by atoms with van der Waals surface area (Å²) in [6.45, 7) is 0. The molecule has 2 aliphatic heterocycles. The zero-order valence-electron chi connectivity index (χ0n) is 14.9. The van der Waals surface area contributed by atoms with Crippen LogP contribution in [0.3, 0.4) is 0 Å². The molecule has 6 nitrogen and oxygen atoms in total. The maximum Gasteiger partial charge on any atom is 0.238 e. The Morgan fingerprint density at radius 3 is 2.39 bits per heavy atom. The molecular formula is C16H29BN5O. The molecule has 127 valence electrons. The highest BCUT2D eigenvalue weighted by Crippen LogP contribution is 2.52. The number of rotatable bonds is 5. The Morgan fingerprint density at radius 1 is 1.00 bits per heavy atom. The van der Waals surface area contributed by atoms with Crippen LogP contribution in [0, 0.1) is 0 Å². The van der Waals surface area contributed by atoms with Crippen LogP contribution in [0.4, 0.5) is 0 Å². The summed E-state index contributed by atoms with van der Waals surface area (Å²) in [5.41, 5.74) is 2.54. The predicted octanol–water partition coefficient (Wildman–Crippen LogP) is 1.51. The van der Waals surface area contributed by atoms with E-state index in [9.17, 15) is 4.79 Å². The van der Waals surface area contributed by atoms with Gasteiger partial charge in [0.1, 0.15) is 6.34 Å². The van der Waals surface area contributed by atoms with Crippen molar-refractivity contribution in [3.05, 3.63) is 0 Å². The van der Waals surface area contributed by atoms with E-state index in [-0.39, 0.29) is 11.3 Å². The van der Waals surface area contributed by atoms with E-state index in [4.69, 9.17) is 4.99 Å². The molecule has 1 N–H and O–H groups in total. The standard InChI is InChI=1S/C16H29BN5O/c1-21(2)12-18-16-9-7-5-6-8-15(17-16,10-11-16)14(23)20-19-13-22(3)4/h12-13H,5-11H2,1-4H3,(H,20,23)/b18-12?,19-13+. The largest absolute Gasteiger partial charge is 0.369 e. The Labute approximate surface area is 140 Å². The van der Waals surface area contributed by atoms with Gasteiger partial charge in [-0.3, -0.25) is 9.79 Å². The van der Waals surface area contributed by atoms with Gasteiger partial charge in [0.2, 0.25) is 5.91 Å². The average molecular weight is 318 g/mol. The zero-order chi connectivity index (χ0) is 16.9. The summed E-state index contributed by atoms with van der Waals surface area (Å²) in [6, 6.07) is 0. The number of amides is 1. The van der Waals surface area contributed by atoms with E-state index >= 15 is 0 Å². The predicted molar refractivity (Wildman–Crippen MR) is 96.0 cm³/mol. The molecule has 0 aliphatic carbocycles. The van der Waals surface area contributed by atoms with Gasteiger partial charge in [-0.2, -0.15) is 5.10 Å². The van der Waals surface area contributed by atoms with Crippen molar-refractivity contribution in [2.75, 3.05) is 28.2 Å². The van der Waals surface area contributed by atoms with Gasteiger partial charge in [0.15, 0.2) is 7.28 Å². The number of nitrogens with zero attached hydrogens (tertiary/aromatic N) is 4. The van der Waals surface area contributed by atoms with Crippen LogP contribution >= 0.6 is 0 Å². The van der Waals surface area contributed by atoms with E-state index in [0.29, 0.717) is 0 Å². The molecule has 1 amide bonds.